The van der Waals surface area contributed by atoms with Crippen LogP contribution in [0.25, 0.3) is 5.57 Å². The van der Waals surface area contributed by atoms with Gasteiger partial charge in [-0.05, 0) is 5.56 Å². The molecule has 22 heavy (non-hydrogen) atoms. The second-order valence-corrected chi connectivity index (χ2v) is 8.38. The molecule has 1 aliphatic rings. The molecule has 2 unspecified atom stereocenters. The highest BCUT2D eigenvalue weighted by molar-refractivity contribution is 7.88. The highest BCUT2D eigenvalue weighted by Gasteiger charge is 2.57. The maximum atomic E-state index is 11.6. The third-order valence-corrected chi connectivity index (χ3v) is 6.04. The lowest BCUT2D eigenvalue weighted by atomic mass is 9.88. The second-order valence-electron chi connectivity index (χ2n) is 5.05. The third kappa shape index (κ3) is 2.69. The van der Waals surface area contributed by atoms with Gasteiger partial charge in [-0.2, -0.15) is 16.8 Å². The quantitative estimate of drug-likeness (QED) is 0.557. The van der Waals surface area contributed by atoms with Crippen LogP contribution in [0.1, 0.15) is 18.4 Å². The van der Waals surface area contributed by atoms with Crippen molar-refractivity contribution in [1.29, 1.82) is 0 Å². The molecule has 0 spiro atoms. The van der Waals surface area contributed by atoms with Crippen LogP contribution in [0.4, 0.5) is 0 Å². The Labute approximate surface area is 127 Å². The van der Waals surface area contributed by atoms with Crippen LogP contribution in [0.5, 0.6) is 0 Å². The summed E-state index contributed by atoms with van der Waals surface area (Å²) in [7, 11) is -10.3. The van der Waals surface area contributed by atoms with Gasteiger partial charge in [0.15, 0.2) is 4.93 Å². The van der Waals surface area contributed by atoms with Gasteiger partial charge < -0.3 is 10.2 Å². The lowest BCUT2D eigenvalue weighted by Gasteiger charge is -2.38. The van der Waals surface area contributed by atoms with E-state index in [0.29, 0.717) is 0 Å². The molecule has 1 aromatic rings. The molecule has 1 aromatic carbocycles. The minimum Gasteiger partial charge on any atom is -0.372 e. The molecule has 0 amide bonds. The molecule has 10 heteroatoms. The van der Waals surface area contributed by atoms with Crippen LogP contribution in [0.15, 0.2) is 36.4 Å². The molecule has 1 aliphatic carbocycles. The summed E-state index contributed by atoms with van der Waals surface area (Å²) < 4.78 is 64.1. The molecule has 0 fully saturated rings. The lowest BCUT2D eigenvalue weighted by molar-refractivity contribution is 0.0381. The summed E-state index contributed by atoms with van der Waals surface area (Å²) in [6.45, 7) is 0. The first-order chi connectivity index (χ1) is 9.91. The van der Waals surface area contributed by atoms with Crippen LogP contribution in [-0.4, -0.2) is 46.0 Å². The van der Waals surface area contributed by atoms with E-state index in [1.165, 1.54) is 12.1 Å². The van der Waals surface area contributed by atoms with Gasteiger partial charge in [0.25, 0.3) is 20.2 Å². The molecule has 0 saturated carbocycles. The summed E-state index contributed by atoms with van der Waals surface area (Å²) in [5, 5.41) is 20.3. The average molecular weight is 350 g/mol. The van der Waals surface area contributed by atoms with Gasteiger partial charge in [0.1, 0.15) is 0 Å². The van der Waals surface area contributed by atoms with E-state index in [9.17, 15) is 31.6 Å². The summed E-state index contributed by atoms with van der Waals surface area (Å²) >= 11 is 0. The fraction of sp³-hybridized carbons (Fsp3) is 0.333. The van der Waals surface area contributed by atoms with E-state index in [0.717, 1.165) is 6.08 Å². The molecule has 2 rings (SSSR count). The van der Waals surface area contributed by atoms with Crippen LogP contribution < -0.4 is 0 Å². The maximum absolute atomic E-state index is 11.6. The first-order valence-corrected chi connectivity index (χ1v) is 8.94. The molecule has 8 nitrogen and oxygen atoms in total. The van der Waals surface area contributed by atoms with Crippen molar-refractivity contribution < 1.29 is 36.2 Å². The molecule has 2 atom stereocenters. The van der Waals surface area contributed by atoms with Crippen molar-refractivity contribution in [2.45, 2.75) is 22.7 Å². The summed E-state index contributed by atoms with van der Waals surface area (Å²) in [6, 6.07) is 7.61. The fourth-order valence-electron chi connectivity index (χ4n) is 2.35. The van der Waals surface area contributed by atoms with Gasteiger partial charge in [-0.3, -0.25) is 9.11 Å². The highest BCUT2D eigenvalue weighted by Crippen LogP contribution is 2.45. The standard InChI is InChI=1S/C12H14O8S2/c13-11(21(15,16)17)7-6-10(9-4-2-1-3-5-9)12(14,8-11)22(18,19)20/h1-6,13-14H,7-8H2,(H,15,16,17)(H,18,19,20). The molecule has 4 N–H and O–H groups in total. The van der Waals surface area contributed by atoms with E-state index in [1.807, 2.05) is 0 Å². The maximum Gasteiger partial charge on any atom is 0.299 e. The molecule has 0 heterocycles. The summed E-state index contributed by atoms with van der Waals surface area (Å²) in [5.74, 6) is 0. The molecule has 0 saturated heterocycles. The third-order valence-electron chi connectivity index (χ3n) is 3.55. The van der Waals surface area contributed by atoms with Gasteiger partial charge in [-0.1, -0.05) is 36.4 Å². The van der Waals surface area contributed by atoms with Gasteiger partial charge in [-0.15, -0.1) is 0 Å². The Morgan fingerprint density at radius 2 is 1.45 bits per heavy atom. The van der Waals surface area contributed by atoms with E-state index in [4.69, 9.17) is 4.55 Å². The SMILES string of the molecule is O=S(=O)(O)C1(O)CC=C(c2ccccc2)C(O)(S(=O)(=O)O)C1. The first-order valence-electron chi connectivity index (χ1n) is 6.06. The Balaban J connectivity index is 2.69. The zero-order valence-corrected chi connectivity index (χ0v) is 12.7. The zero-order chi connectivity index (χ0) is 16.8. The van der Waals surface area contributed by atoms with Crippen molar-refractivity contribution >= 4 is 25.8 Å². The average Bonchev–Trinajstić information content (AvgIpc) is 2.37. The van der Waals surface area contributed by atoms with Gasteiger partial charge in [0, 0.05) is 18.4 Å². The van der Waals surface area contributed by atoms with Crippen molar-refractivity contribution in [3.8, 4) is 0 Å². The van der Waals surface area contributed by atoms with E-state index < -0.39 is 42.9 Å². The van der Waals surface area contributed by atoms with Crippen LogP contribution in [0, 0.1) is 0 Å². The van der Waals surface area contributed by atoms with Crippen molar-refractivity contribution in [3.05, 3.63) is 42.0 Å². The number of benzene rings is 1. The zero-order valence-electron chi connectivity index (χ0n) is 11.1. The fourth-order valence-corrected chi connectivity index (χ4v) is 4.03. The van der Waals surface area contributed by atoms with Crippen LogP contribution in [0.2, 0.25) is 0 Å². The van der Waals surface area contributed by atoms with Gasteiger partial charge in [-0.25, -0.2) is 0 Å². The normalized spacial score (nSPS) is 29.9. The summed E-state index contributed by atoms with van der Waals surface area (Å²) in [6.07, 6.45) is -1.01. The summed E-state index contributed by atoms with van der Waals surface area (Å²) in [4.78, 5) is -5.99. The van der Waals surface area contributed by atoms with E-state index >= 15 is 0 Å². The van der Waals surface area contributed by atoms with Gasteiger partial charge in [0.2, 0.25) is 4.93 Å². The van der Waals surface area contributed by atoms with Gasteiger partial charge in [0.05, 0.1) is 0 Å². The number of aliphatic hydroxyl groups is 2. The van der Waals surface area contributed by atoms with Crippen LogP contribution in [0.3, 0.4) is 0 Å². The van der Waals surface area contributed by atoms with Crippen molar-refractivity contribution in [2.24, 2.45) is 0 Å². The second kappa shape index (κ2) is 5.11. The molecule has 0 aliphatic heterocycles. The predicted molar refractivity (Wildman–Crippen MR) is 76.6 cm³/mol. The Hall–Kier alpha value is -1.30. The minimum absolute atomic E-state index is 0.222. The van der Waals surface area contributed by atoms with E-state index in [-0.39, 0.29) is 11.1 Å². The summed E-state index contributed by atoms with van der Waals surface area (Å²) in [5.41, 5.74) is -0.0519. The molecule has 122 valence electrons. The topological polar surface area (TPSA) is 149 Å². The Morgan fingerprint density at radius 1 is 0.909 bits per heavy atom. The lowest BCUT2D eigenvalue weighted by Crippen LogP contribution is -2.53. The Bertz CT molecular complexity index is 812. The Kier molecular flexibility index (Phi) is 3.97. The Morgan fingerprint density at radius 3 is 1.91 bits per heavy atom. The number of hydrogen-bond acceptors (Lipinski definition) is 6. The van der Waals surface area contributed by atoms with Crippen molar-refractivity contribution in [2.75, 3.05) is 0 Å². The minimum atomic E-state index is -5.20. The highest BCUT2D eigenvalue weighted by atomic mass is 32.2. The van der Waals surface area contributed by atoms with Gasteiger partial charge >= 0.3 is 0 Å². The monoisotopic (exact) mass is 350 g/mol. The molecule has 0 radical (unpaired) electrons. The van der Waals surface area contributed by atoms with Crippen LogP contribution >= 0.6 is 0 Å². The van der Waals surface area contributed by atoms with E-state index in [2.05, 4.69) is 0 Å². The molecule has 0 bridgehead atoms. The molecular weight excluding hydrogens is 336 g/mol. The van der Waals surface area contributed by atoms with E-state index in [1.54, 1.807) is 18.2 Å². The smallest absolute Gasteiger partial charge is 0.299 e. The predicted octanol–water partition coefficient (Wildman–Crippen LogP) is 0.0166. The first kappa shape index (κ1) is 17.1. The largest absolute Gasteiger partial charge is 0.372 e. The van der Waals surface area contributed by atoms with Crippen molar-refractivity contribution in [1.82, 2.24) is 0 Å². The number of rotatable bonds is 3. The molecule has 0 aromatic heterocycles. The number of hydrogen-bond donors (Lipinski definition) is 4. The van der Waals surface area contributed by atoms with Crippen LogP contribution in [-0.2, 0) is 20.2 Å². The van der Waals surface area contributed by atoms with Crippen molar-refractivity contribution in [3.63, 3.8) is 0 Å². The molecular formula is C12H14O8S2.